The third-order valence-corrected chi connectivity index (χ3v) is 5.58. The Kier molecular flexibility index (Phi) is 4.41. The third kappa shape index (κ3) is 2.89. The maximum atomic E-state index is 5.31. The summed E-state index contributed by atoms with van der Waals surface area (Å²) in [5, 5.41) is 4.43. The number of hydrogen-bond acceptors (Lipinski definition) is 4. The zero-order valence-electron chi connectivity index (χ0n) is 16.9. The van der Waals surface area contributed by atoms with E-state index in [0.717, 1.165) is 29.1 Å². The van der Waals surface area contributed by atoms with Gasteiger partial charge in [-0.2, -0.15) is 5.10 Å². The van der Waals surface area contributed by atoms with E-state index in [1.165, 1.54) is 11.3 Å². The molecule has 0 amide bonds. The maximum Gasteiger partial charge on any atom is 0.213 e. The van der Waals surface area contributed by atoms with Crippen molar-refractivity contribution in [1.29, 1.82) is 0 Å². The van der Waals surface area contributed by atoms with Gasteiger partial charge in [-0.3, -0.25) is 9.67 Å². The number of benzene rings is 1. The molecule has 1 aromatic carbocycles. The van der Waals surface area contributed by atoms with Gasteiger partial charge in [0.2, 0.25) is 5.88 Å². The molecule has 1 aliphatic heterocycles. The second-order valence-electron chi connectivity index (χ2n) is 7.38. The average molecular weight is 396 g/mol. The fourth-order valence-corrected chi connectivity index (χ4v) is 4.22. The van der Waals surface area contributed by atoms with Crippen LogP contribution in [-0.4, -0.2) is 26.9 Å². The van der Waals surface area contributed by atoms with Crippen LogP contribution in [0, 0.1) is 0 Å². The number of methoxy groups -OCH3 is 1. The molecule has 4 aromatic rings. The summed E-state index contributed by atoms with van der Waals surface area (Å²) in [5.41, 5.74) is 6.76. The number of hydrogen-bond donors (Lipinski definition) is 0. The fraction of sp³-hybridized carbons (Fsp3) is 0.125. The van der Waals surface area contributed by atoms with Gasteiger partial charge in [0, 0.05) is 55.5 Å². The molecular formula is C24H22N5O+. The van der Waals surface area contributed by atoms with E-state index in [2.05, 4.69) is 63.7 Å². The molecule has 30 heavy (non-hydrogen) atoms. The quantitative estimate of drug-likeness (QED) is 0.464. The average Bonchev–Trinajstić information content (AvgIpc) is 3.36. The van der Waals surface area contributed by atoms with Gasteiger partial charge < -0.3 is 4.74 Å². The Labute approximate surface area is 175 Å². The number of fused-ring (bicyclic) bond motifs is 1. The summed E-state index contributed by atoms with van der Waals surface area (Å²) < 4.78 is 7.65. The first-order valence-electron chi connectivity index (χ1n) is 9.79. The monoisotopic (exact) mass is 396 g/mol. The van der Waals surface area contributed by atoms with Crippen LogP contribution in [0.2, 0.25) is 0 Å². The summed E-state index contributed by atoms with van der Waals surface area (Å²) in [7, 11) is 3.57. The predicted molar refractivity (Wildman–Crippen MR) is 118 cm³/mol. The molecule has 0 radical (unpaired) electrons. The SMILES string of the molecule is COc1ccc([N+]2(Cc3ccccc3)C(c3cnn(C)c3)=Cc3cnccc32)cn1. The minimum Gasteiger partial charge on any atom is -0.481 e. The van der Waals surface area contributed by atoms with E-state index in [-0.39, 0.29) is 0 Å². The highest BCUT2D eigenvalue weighted by Crippen LogP contribution is 2.51. The van der Waals surface area contributed by atoms with Crippen LogP contribution in [0.25, 0.3) is 11.8 Å². The zero-order chi connectivity index (χ0) is 20.6. The lowest BCUT2D eigenvalue weighted by Gasteiger charge is -2.36. The third-order valence-electron chi connectivity index (χ3n) is 5.58. The van der Waals surface area contributed by atoms with E-state index < -0.39 is 0 Å². The van der Waals surface area contributed by atoms with E-state index in [4.69, 9.17) is 4.74 Å². The Balaban J connectivity index is 1.78. The highest BCUT2D eigenvalue weighted by Gasteiger charge is 2.45. The molecule has 6 heteroatoms. The smallest absolute Gasteiger partial charge is 0.213 e. The molecule has 0 saturated heterocycles. The zero-order valence-corrected chi connectivity index (χ0v) is 16.9. The number of aromatic nitrogens is 4. The molecule has 1 aliphatic rings. The summed E-state index contributed by atoms with van der Waals surface area (Å²) in [6, 6.07) is 16.6. The molecule has 0 fully saturated rings. The Morgan fingerprint density at radius 3 is 2.57 bits per heavy atom. The van der Waals surface area contributed by atoms with Crippen molar-refractivity contribution in [2.75, 3.05) is 7.11 Å². The van der Waals surface area contributed by atoms with Crippen LogP contribution in [0.3, 0.4) is 0 Å². The van der Waals surface area contributed by atoms with Gasteiger partial charge in [-0.25, -0.2) is 9.47 Å². The lowest BCUT2D eigenvalue weighted by molar-refractivity contribution is 0.397. The van der Waals surface area contributed by atoms with Crippen LogP contribution in [0.4, 0.5) is 11.4 Å². The molecule has 4 heterocycles. The summed E-state index contributed by atoms with van der Waals surface area (Å²) in [6.45, 7) is 0.743. The van der Waals surface area contributed by atoms with Gasteiger partial charge in [0.05, 0.1) is 30.6 Å². The minimum absolute atomic E-state index is 0.505. The summed E-state index contributed by atoms with van der Waals surface area (Å²) in [6.07, 6.45) is 11.9. The van der Waals surface area contributed by atoms with Crippen LogP contribution in [-0.2, 0) is 13.6 Å². The van der Waals surface area contributed by atoms with Crippen LogP contribution >= 0.6 is 0 Å². The predicted octanol–water partition coefficient (Wildman–Crippen LogP) is 4.57. The van der Waals surface area contributed by atoms with Gasteiger partial charge in [0.1, 0.15) is 6.54 Å². The molecular weight excluding hydrogens is 374 g/mol. The van der Waals surface area contributed by atoms with Crippen LogP contribution in [0.15, 0.2) is 79.5 Å². The van der Waals surface area contributed by atoms with E-state index >= 15 is 0 Å². The summed E-state index contributed by atoms with van der Waals surface area (Å²) in [4.78, 5) is 8.91. The number of rotatable bonds is 5. The summed E-state index contributed by atoms with van der Waals surface area (Å²) >= 11 is 0. The van der Waals surface area contributed by atoms with Gasteiger partial charge in [-0.15, -0.1) is 0 Å². The number of aryl methyl sites for hydroxylation is 1. The van der Waals surface area contributed by atoms with Gasteiger partial charge in [-0.05, 0) is 0 Å². The van der Waals surface area contributed by atoms with Gasteiger partial charge in [0.25, 0.3) is 0 Å². The second kappa shape index (κ2) is 7.24. The summed E-state index contributed by atoms with van der Waals surface area (Å²) in [5.74, 6) is 0.595. The van der Waals surface area contributed by atoms with E-state index in [9.17, 15) is 0 Å². The van der Waals surface area contributed by atoms with Crippen molar-refractivity contribution in [2.24, 2.45) is 7.05 Å². The van der Waals surface area contributed by atoms with Crippen molar-refractivity contribution in [1.82, 2.24) is 24.2 Å². The van der Waals surface area contributed by atoms with Crippen molar-refractivity contribution in [3.05, 3.63) is 96.2 Å². The van der Waals surface area contributed by atoms with Gasteiger partial charge in [0.15, 0.2) is 17.1 Å². The van der Waals surface area contributed by atoms with Crippen LogP contribution < -0.4 is 9.22 Å². The minimum atomic E-state index is 0.505. The molecule has 1 atom stereocenters. The lowest BCUT2D eigenvalue weighted by atomic mass is 10.1. The highest BCUT2D eigenvalue weighted by atomic mass is 16.5. The van der Waals surface area contributed by atoms with E-state index in [0.29, 0.717) is 10.4 Å². The second-order valence-corrected chi connectivity index (χ2v) is 7.38. The Morgan fingerprint density at radius 2 is 1.87 bits per heavy atom. The first-order valence-corrected chi connectivity index (χ1v) is 9.79. The molecule has 3 aromatic heterocycles. The number of quaternary nitrogens is 1. The van der Waals surface area contributed by atoms with Crippen LogP contribution in [0.1, 0.15) is 16.7 Å². The largest absolute Gasteiger partial charge is 0.481 e. The van der Waals surface area contributed by atoms with Crippen molar-refractivity contribution < 1.29 is 4.74 Å². The fourth-order valence-electron chi connectivity index (χ4n) is 4.22. The molecule has 0 N–H and O–H groups in total. The van der Waals surface area contributed by atoms with Crippen molar-refractivity contribution in [3.63, 3.8) is 0 Å². The lowest BCUT2D eigenvalue weighted by Crippen LogP contribution is -2.40. The molecule has 0 aliphatic carbocycles. The first-order chi connectivity index (χ1) is 14.7. The van der Waals surface area contributed by atoms with E-state index in [1.807, 2.05) is 48.6 Å². The first kappa shape index (κ1) is 18.3. The highest BCUT2D eigenvalue weighted by molar-refractivity contribution is 5.99. The molecule has 0 bridgehead atoms. The number of nitrogens with zero attached hydrogens (tertiary/aromatic N) is 5. The van der Waals surface area contributed by atoms with Crippen molar-refractivity contribution in [2.45, 2.75) is 6.54 Å². The molecule has 6 nitrogen and oxygen atoms in total. The van der Waals surface area contributed by atoms with Crippen molar-refractivity contribution in [3.8, 4) is 5.88 Å². The molecule has 5 rings (SSSR count). The van der Waals surface area contributed by atoms with Crippen molar-refractivity contribution >= 4 is 23.1 Å². The Bertz CT molecular complexity index is 1210. The van der Waals surface area contributed by atoms with Crippen LogP contribution in [0.5, 0.6) is 5.88 Å². The standard InChI is InChI=1S/C24H22N5O/c1-28-16-20(14-27-28)23-12-19-13-25-11-10-22(19)29(23,17-18-6-4-3-5-7-18)21-8-9-24(30-2)26-15-21/h3-16H,17H2,1-2H3/q+1. The number of ether oxygens (including phenoxy) is 1. The number of pyridine rings is 2. The normalized spacial score (nSPS) is 17.5. The maximum absolute atomic E-state index is 5.31. The molecule has 1 unspecified atom stereocenters. The molecule has 0 saturated carbocycles. The van der Waals surface area contributed by atoms with Gasteiger partial charge in [-0.1, -0.05) is 30.3 Å². The molecule has 0 spiro atoms. The topological polar surface area (TPSA) is 52.8 Å². The molecule has 148 valence electrons. The Hall–Kier alpha value is -3.77. The Morgan fingerprint density at radius 1 is 1.00 bits per heavy atom. The van der Waals surface area contributed by atoms with Gasteiger partial charge >= 0.3 is 0 Å². The van der Waals surface area contributed by atoms with E-state index in [1.54, 1.807) is 7.11 Å².